The van der Waals surface area contributed by atoms with Crippen molar-refractivity contribution in [3.05, 3.63) is 72.1 Å². The van der Waals surface area contributed by atoms with Crippen molar-refractivity contribution in [3.63, 3.8) is 0 Å². The molecule has 0 saturated carbocycles. The molecule has 0 bridgehead atoms. The molecule has 0 saturated heterocycles. The van der Waals surface area contributed by atoms with Gasteiger partial charge in [0.1, 0.15) is 11.5 Å². The van der Waals surface area contributed by atoms with Gasteiger partial charge in [0.15, 0.2) is 0 Å². The van der Waals surface area contributed by atoms with E-state index in [9.17, 15) is 0 Å². The van der Waals surface area contributed by atoms with Gasteiger partial charge in [-0.1, -0.05) is 24.3 Å². The van der Waals surface area contributed by atoms with E-state index in [1.54, 1.807) is 14.2 Å². The van der Waals surface area contributed by atoms with E-state index in [4.69, 9.17) is 9.47 Å². The molecule has 0 aliphatic rings. The van der Waals surface area contributed by atoms with Crippen LogP contribution >= 0.6 is 0 Å². The molecule has 0 fully saturated rings. The van der Waals surface area contributed by atoms with Crippen LogP contribution in [-0.2, 0) is 13.1 Å². The average molecular weight is 337 g/mol. The van der Waals surface area contributed by atoms with E-state index >= 15 is 0 Å². The number of methoxy groups -OCH3 is 2. The van der Waals surface area contributed by atoms with E-state index in [1.807, 2.05) is 59.4 Å². The number of nitrogens with zero attached hydrogens (tertiary/aromatic N) is 3. The molecule has 0 atom stereocenters. The van der Waals surface area contributed by atoms with Crippen molar-refractivity contribution in [1.29, 1.82) is 0 Å². The minimum Gasteiger partial charge on any atom is -0.497 e. The Hall–Kier alpha value is -2.79. The van der Waals surface area contributed by atoms with Crippen LogP contribution in [0.15, 0.2) is 60.9 Å². The van der Waals surface area contributed by atoms with Crippen LogP contribution in [0.2, 0.25) is 0 Å². The van der Waals surface area contributed by atoms with Crippen LogP contribution in [0, 0.1) is 0 Å². The monoisotopic (exact) mass is 337 g/mol. The molecule has 1 heterocycles. The van der Waals surface area contributed by atoms with Crippen LogP contribution < -0.4 is 9.47 Å². The Labute approximate surface area is 148 Å². The molecule has 0 N–H and O–H groups in total. The first-order chi connectivity index (χ1) is 12.2. The van der Waals surface area contributed by atoms with Crippen molar-refractivity contribution >= 4 is 0 Å². The lowest BCUT2D eigenvalue weighted by Crippen LogP contribution is -2.17. The Kier molecular flexibility index (Phi) is 5.36. The number of hydrogen-bond acceptors (Lipinski definition) is 4. The molecule has 2 aromatic carbocycles. The van der Waals surface area contributed by atoms with Crippen molar-refractivity contribution in [3.8, 4) is 17.2 Å². The number of aromatic nitrogens is 2. The molecule has 130 valence electrons. The first-order valence-electron chi connectivity index (χ1n) is 8.18. The minimum atomic E-state index is 0.781. The van der Waals surface area contributed by atoms with Gasteiger partial charge in [-0.15, -0.1) is 0 Å². The summed E-state index contributed by atoms with van der Waals surface area (Å²) >= 11 is 0. The second-order valence-corrected chi connectivity index (χ2v) is 5.98. The number of rotatable bonds is 7. The number of para-hydroxylation sites is 1. The SMILES string of the molecule is COc1ccc(CN(C)Cc2cnn(-c3ccccc3)c2)c(OC)c1. The lowest BCUT2D eigenvalue weighted by Gasteiger charge is -2.18. The largest absolute Gasteiger partial charge is 0.497 e. The minimum absolute atomic E-state index is 0.781. The Morgan fingerprint density at radius 2 is 1.80 bits per heavy atom. The van der Waals surface area contributed by atoms with Gasteiger partial charge in [-0.25, -0.2) is 4.68 Å². The van der Waals surface area contributed by atoms with E-state index in [2.05, 4.69) is 23.2 Å². The highest BCUT2D eigenvalue weighted by atomic mass is 16.5. The van der Waals surface area contributed by atoms with Gasteiger partial charge in [0, 0.05) is 36.5 Å². The van der Waals surface area contributed by atoms with Gasteiger partial charge in [-0.05, 0) is 25.2 Å². The van der Waals surface area contributed by atoms with Crippen LogP contribution in [-0.4, -0.2) is 35.9 Å². The number of ether oxygens (including phenoxy) is 2. The van der Waals surface area contributed by atoms with Crippen LogP contribution in [0.1, 0.15) is 11.1 Å². The fourth-order valence-electron chi connectivity index (χ4n) is 2.80. The Bertz CT molecular complexity index is 815. The summed E-state index contributed by atoms with van der Waals surface area (Å²) in [6.45, 7) is 1.59. The maximum absolute atomic E-state index is 5.48. The van der Waals surface area contributed by atoms with Crippen molar-refractivity contribution in [2.75, 3.05) is 21.3 Å². The average Bonchev–Trinajstić information content (AvgIpc) is 3.11. The van der Waals surface area contributed by atoms with E-state index in [1.165, 1.54) is 5.56 Å². The lowest BCUT2D eigenvalue weighted by atomic mass is 10.1. The molecule has 3 rings (SSSR count). The van der Waals surface area contributed by atoms with Gasteiger partial charge in [0.2, 0.25) is 0 Å². The van der Waals surface area contributed by atoms with Gasteiger partial charge < -0.3 is 9.47 Å². The molecule has 1 aromatic heterocycles. The summed E-state index contributed by atoms with van der Waals surface area (Å²) in [5.74, 6) is 1.64. The van der Waals surface area contributed by atoms with Gasteiger partial charge in [-0.2, -0.15) is 5.10 Å². The summed E-state index contributed by atoms with van der Waals surface area (Å²) in [4.78, 5) is 2.23. The molecule has 0 radical (unpaired) electrons. The van der Waals surface area contributed by atoms with Crippen LogP contribution in [0.3, 0.4) is 0 Å². The smallest absolute Gasteiger partial charge is 0.127 e. The molecule has 0 aliphatic heterocycles. The summed E-state index contributed by atoms with van der Waals surface area (Å²) in [5.41, 5.74) is 3.35. The lowest BCUT2D eigenvalue weighted by molar-refractivity contribution is 0.309. The number of benzene rings is 2. The van der Waals surface area contributed by atoms with E-state index in [-0.39, 0.29) is 0 Å². The van der Waals surface area contributed by atoms with Crippen LogP contribution in [0.4, 0.5) is 0 Å². The molecule has 25 heavy (non-hydrogen) atoms. The van der Waals surface area contributed by atoms with Crippen LogP contribution in [0.5, 0.6) is 11.5 Å². The first kappa shape index (κ1) is 17.0. The third-order valence-electron chi connectivity index (χ3n) is 4.04. The summed E-state index contributed by atoms with van der Waals surface area (Å²) in [6.07, 6.45) is 3.98. The third-order valence-corrected chi connectivity index (χ3v) is 4.04. The highest BCUT2D eigenvalue weighted by Gasteiger charge is 2.10. The normalized spacial score (nSPS) is 10.9. The summed E-state index contributed by atoms with van der Waals surface area (Å²) in [7, 11) is 5.43. The maximum atomic E-state index is 5.48. The summed E-state index contributed by atoms with van der Waals surface area (Å²) in [6, 6.07) is 16.0. The van der Waals surface area contributed by atoms with Crippen molar-refractivity contribution in [2.45, 2.75) is 13.1 Å². The molecular formula is C20H23N3O2. The van der Waals surface area contributed by atoms with E-state index in [0.717, 1.165) is 35.8 Å². The fourth-order valence-corrected chi connectivity index (χ4v) is 2.80. The summed E-state index contributed by atoms with van der Waals surface area (Å²) in [5, 5.41) is 4.45. The van der Waals surface area contributed by atoms with Gasteiger partial charge in [0.25, 0.3) is 0 Å². The Morgan fingerprint density at radius 1 is 1.00 bits per heavy atom. The third kappa shape index (κ3) is 4.19. The predicted molar refractivity (Wildman–Crippen MR) is 98.3 cm³/mol. The molecule has 5 heteroatoms. The first-order valence-corrected chi connectivity index (χ1v) is 8.18. The van der Waals surface area contributed by atoms with Gasteiger partial charge >= 0.3 is 0 Å². The summed E-state index contributed by atoms with van der Waals surface area (Å²) < 4.78 is 12.6. The maximum Gasteiger partial charge on any atom is 0.127 e. The fraction of sp³-hybridized carbons (Fsp3) is 0.250. The molecule has 0 aliphatic carbocycles. The highest BCUT2D eigenvalue weighted by Crippen LogP contribution is 2.25. The van der Waals surface area contributed by atoms with E-state index < -0.39 is 0 Å². The standard InChI is InChI=1S/C20H23N3O2/c1-22(15-17-9-10-19(24-2)11-20(17)25-3)13-16-12-21-23(14-16)18-7-5-4-6-8-18/h4-12,14H,13,15H2,1-3H3. The molecule has 0 spiro atoms. The van der Waals surface area contributed by atoms with Crippen LogP contribution in [0.25, 0.3) is 5.69 Å². The highest BCUT2D eigenvalue weighted by molar-refractivity contribution is 5.40. The Balaban J connectivity index is 1.67. The molecular weight excluding hydrogens is 314 g/mol. The molecule has 0 amide bonds. The Morgan fingerprint density at radius 3 is 2.52 bits per heavy atom. The van der Waals surface area contributed by atoms with Crippen molar-refractivity contribution in [1.82, 2.24) is 14.7 Å². The van der Waals surface area contributed by atoms with Crippen molar-refractivity contribution < 1.29 is 9.47 Å². The molecule has 5 nitrogen and oxygen atoms in total. The second kappa shape index (κ2) is 7.85. The number of hydrogen-bond donors (Lipinski definition) is 0. The van der Waals surface area contributed by atoms with Crippen molar-refractivity contribution in [2.24, 2.45) is 0 Å². The van der Waals surface area contributed by atoms with E-state index in [0.29, 0.717) is 0 Å². The van der Waals surface area contributed by atoms with Gasteiger partial charge in [0.05, 0.1) is 26.1 Å². The molecule has 0 unspecified atom stereocenters. The topological polar surface area (TPSA) is 39.5 Å². The van der Waals surface area contributed by atoms with Gasteiger partial charge in [-0.3, -0.25) is 4.90 Å². The molecule has 3 aromatic rings. The zero-order valence-corrected chi connectivity index (χ0v) is 14.8. The quantitative estimate of drug-likeness (QED) is 0.661. The zero-order chi connectivity index (χ0) is 17.6. The second-order valence-electron chi connectivity index (χ2n) is 5.98. The predicted octanol–water partition coefficient (Wildman–Crippen LogP) is 3.52. The zero-order valence-electron chi connectivity index (χ0n) is 14.8.